The molecule has 0 fully saturated rings. The zero-order chi connectivity index (χ0) is 90.2. The summed E-state index contributed by atoms with van der Waals surface area (Å²) < 4.78 is 23.7. The van der Waals surface area contributed by atoms with Crippen LogP contribution in [0.3, 0.4) is 0 Å². The van der Waals surface area contributed by atoms with Gasteiger partial charge in [0.1, 0.15) is 33.5 Å². The first-order valence-electron chi connectivity index (χ1n) is 47.4. The second kappa shape index (κ2) is 29.3. The number of fused-ring (bicyclic) bond motifs is 28. The molecule has 3 aliphatic carbocycles. The van der Waals surface area contributed by atoms with Gasteiger partial charge in [-0.3, -0.25) is 0 Å². The highest BCUT2D eigenvalue weighted by molar-refractivity contribution is 7.25. The molecule has 0 amide bonds. The maximum atomic E-state index is 7.14. The first kappa shape index (κ1) is 78.3. The molecule has 4 aromatic heterocycles. The van der Waals surface area contributed by atoms with E-state index in [9.17, 15) is 0 Å². The highest BCUT2D eigenvalue weighted by Gasteiger charge is 2.53. The van der Waals surface area contributed by atoms with Crippen molar-refractivity contribution in [2.75, 3.05) is 9.80 Å². The van der Waals surface area contributed by atoms with Crippen LogP contribution in [0.25, 0.3) is 174 Å². The summed E-state index contributed by atoms with van der Waals surface area (Å²) >= 11 is 1.88. The van der Waals surface area contributed by atoms with E-state index in [1.54, 1.807) is 0 Å². The molecule has 0 saturated carbocycles. The molecular formula is C130H88N2O3S. The molecule has 4 heterocycles. The molecule has 25 aromatic rings. The molecular weight excluding hydrogens is 1670 g/mol. The minimum Gasteiger partial charge on any atom is -0.456 e. The average molecular weight is 1760 g/mol. The zero-order valence-corrected chi connectivity index (χ0v) is 76.5. The number of benzene rings is 21. The van der Waals surface area contributed by atoms with E-state index in [0.29, 0.717) is 0 Å². The third-order valence-corrected chi connectivity index (χ3v) is 31.5. The van der Waals surface area contributed by atoms with E-state index in [0.717, 1.165) is 150 Å². The Balaban J connectivity index is 0.564. The van der Waals surface area contributed by atoms with Gasteiger partial charge >= 0.3 is 0 Å². The van der Waals surface area contributed by atoms with E-state index < -0.39 is 10.8 Å². The number of nitrogens with zero attached hydrogens (tertiary/aromatic N) is 2. The van der Waals surface area contributed by atoms with Crippen molar-refractivity contribution in [3.8, 4) is 55.6 Å². The minimum absolute atomic E-state index is 0.138. The number of furan rings is 3. The lowest BCUT2D eigenvalue weighted by atomic mass is 9.67. The van der Waals surface area contributed by atoms with Crippen LogP contribution in [0.15, 0.2) is 444 Å². The first-order chi connectivity index (χ1) is 66.8. The third kappa shape index (κ3) is 11.3. The molecule has 3 aliphatic rings. The second-order valence-electron chi connectivity index (χ2n) is 39.3. The van der Waals surface area contributed by atoms with Crippen LogP contribution in [0.5, 0.6) is 0 Å². The van der Waals surface area contributed by atoms with Gasteiger partial charge in [-0.05, 0) is 236 Å². The first-order valence-corrected chi connectivity index (χ1v) is 48.2. The topological polar surface area (TPSA) is 45.9 Å². The number of thiophene rings is 1. The smallest absolute Gasteiger partial charge is 0.143 e. The fourth-order valence-corrected chi connectivity index (χ4v) is 25.5. The summed E-state index contributed by atoms with van der Waals surface area (Å²) in [5, 5.41) is 16.1. The summed E-state index contributed by atoms with van der Waals surface area (Å²) in [4.78, 5) is 5.02. The Hall–Kier alpha value is -16.4. The fourth-order valence-electron chi connectivity index (χ4n) is 24.4. The van der Waals surface area contributed by atoms with Gasteiger partial charge in [0.2, 0.25) is 0 Å². The highest BCUT2D eigenvalue weighted by atomic mass is 32.1. The molecule has 1 spiro atoms. The molecule has 1 unspecified atom stereocenters. The van der Waals surface area contributed by atoms with Gasteiger partial charge in [-0.15, -0.1) is 11.3 Å². The Morgan fingerprint density at radius 2 is 0.676 bits per heavy atom. The minimum atomic E-state index is -0.681. The monoisotopic (exact) mass is 1760 g/mol. The van der Waals surface area contributed by atoms with Crippen molar-refractivity contribution in [2.24, 2.45) is 0 Å². The van der Waals surface area contributed by atoms with Crippen molar-refractivity contribution in [3.05, 3.63) is 492 Å². The molecule has 642 valence electrons. The normalized spacial score (nSPS) is 14.2. The van der Waals surface area contributed by atoms with Crippen molar-refractivity contribution in [2.45, 2.75) is 62.7 Å². The number of para-hydroxylation sites is 5. The van der Waals surface area contributed by atoms with Crippen molar-refractivity contribution >= 4 is 164 Å². The number of hydrogen-bond acceptors (Lipinski definition) is 6. The quantitative estimate of drug-likeness (QED) is 0.115. The lowest BCUT2D eigenvalue weighted by molar-refractivity contribution is 0.523. The summed E-state index contributed by atoms with van der Waals surface area (Å²) in [6.45, 7) is 11.7. The average Bonchev–Trinajstić information content (AvgIpc) is 1.50. The van der Waals surface area contributed by atoms with E-state index in [2.05, 4.69) is 475 Å². The van der Waals surface area contributed by atoms with Gasteiger partial charge in [-0.1, -0.05) is 362 Å². The molecule has 28 rings (SSSR count). The van der Waals surface area contributed by atoms with Crippen molar-refractivity contribution < 1.29 is 13.3 Å². The van der Waals surface area contributed by atoms with Crippen LogP contribution < -0.4 is 9.80 Å². The molecule has 0 aliphatic heterocycles. The second-order valence-corrected chi connectivity index (χ2v) is 40.4. The number of rotatable bonds is 13. The molecule has 1 atom stereocenters. The summed E-state index contributed by atoms with van der Waals surface area (Å²) in [7, 11) is 0. The van der Waals surface area contributed by atoms with Gasteiger partial charge in [0.05, 0.1) is 22.2 Å². The van der Waals surface area contributed by atoms with Gasteiger partial charge in [0.15, 0.2) is 0 Å². The molecule has 0 radical (unpaired) electrons. The predicted octanol–water partition coefficient (Wildman–Crippen LogP) is 36.0. The van der Waals surface area contributed by atoms with Crippen LogP contribution in [-0.2, 0) is 28.1 Å². The van der Waals surface area contributed by atoms with Crippen LogP contribution in [0, 0.1) is 0 Å². The molecule has 0 bridgehead atoms. The standard InChI is InChI=1S/C130H88N2O3S/c1-127(2,3)113-49-27-43-101-97-63-59-88(75-119(97)135-126(101)113)131(115-67-54-79-28-11-13-34-90(79)122(115)102-44-25-41-99-95-39-18-23-50-117(95)133-124(99)102)86-61-65-111-105(73-86)94-38-17-20-46-108(94)129(111,83-32-7-6-8-33-83)84-56-52-78(53-57-84)77-128(4,5)85-58-69-120-107(72-85)98-64-60-89(76-121(98)136-120)132(116-68-55-80-29-12-14-35-91(80)123(116)103-45-26-42-100-96-40-19-24-51-118(96)134-125(100)103)87-62-66-112-106(74-87)104-70-81-30-9-10-31-82(81)71-114(104)130(112)109-47-21-15-36-92(109)93-37-16-22-48-110(93)130/h6-76H,77H2,1-5H3. The van der Waals surface area contributed by atoms with E-state index >= 15 is 0 Å². The van der Waals surface area contributed by atoms with Gasteiger partial charge < -0.3 is 23.1 Å². The number of anilines is 6. The molecule has 21 aromatic carbocycles. The lowest BCUT2D eigenvalue weighted by Gasteiger charge is -2.34. The molecule has 0 N–H and O–H groups in total. The SMILES string of the molecule is CC(C)(C)c1cccc2c1oc1cc(N(c3ccc4c(c3)-c3ccccc3C4(c3ccccc3)c3ccc(CC(C)(C)c4ccc5sc6cc(N(c7ccc8c(c7)-c7cc9ccccc9cc7C87c8ccccc8-c8ccccc87)c7ccc8ccccc8c7-c7cccc8c7oc7ccccc78)ccc6c5c4)cc3)c3ccc4ccccc4c3-c3cccc4c3oc3ccccc34)ccc12. The zero-order valence-electron chi connectivity index (χ0n) is 75.7. The van der Waals surface area contributed by atoms with Gasteiger partial charge in [0, 0.05) is 109 Å². The molecule has 0 saturated heterocycles. The Labute approximate surface area is 791 Å². The van der Waals surface area contributed by atoms with Crippen LogP contribution in [0.4, 0.5) is 34.1 Å². The summed E-state index contributed by atoms with van der Waals surface area (Å²) in [5.74, 6) is 0. The summed E-state index contributed by atoms with van der Waals surface area (Å²) in [5.41, 5.74) is 35.4. The van der Waals surface area contributed by atoms with Crippen molar-refractivity contribution in [3.63, 3.8) is 0 Å². The molecule has 136 heavy (non-hydrogen) atoms. The largest absolute Gasteiger partial charge is 0.456 e. The third-order valence-electron chi connectivity index (χ3n) is 30.4. The lowest BCUT2D eigenvalue weighted by Crippen LogP contribution is -2.28. The van der Waals surface area contributed by atoms with Crippen LogP contribution in [-0.4, -0.2) is 0 Å². The Bertz CT molecular complexity index is 9350. The predicted molar refractivity (Wildman–Crippen MR) is 569 cm³/mol. The van der Waals surface area contributed by atoms with Crippen LogP contribution in [0.1, 0.15) is 95.8 Å². The fraction of sp³-hybridized carbons (Fsp3) is 0.0769. The Kier molecular flexibility index (Phi) is 16.9. The van der Waals surface area contributed by atoms with E-state index in [1.165, 1.54) is 126 Å². The summed E-state index contributed by atoms with van der Waals surface area (Å²) in [6, 6.07) is 162. The van der Waals surface area contributed by atoms with Crippen molar-refractivity contribution in [1.29, 1.82) is 0 Å². The highest BCUT2D eigenvalue weighted by Crippen LogP contribution is 2.66. The van der Waals surface area contributed by atoms with Crippen LogP contribution >= 0.6 is 11.3 Å². The Morgan fingerprint density at radius 3 is 1.28 bits per heavy atom. The Morgan fingerprint density at radius 1 is 0.250 bits per heavy atom. The van der Waals surface area contributed by atoms with Gasteiger partial charge in [-0.25, -0.2) is 0 Å². The van der Waals surface area contributed by atoms with E-state index in [-0.39, 0.29) is 10.8 Å². The molecule has 5 nitrogen and oxygen atoms in total. The maximum Gasteiger partial charge on any atom is 0.143 e. The van der Waals surface area contributed by atoms with Crippen LogP contribution in [0.2, 0.25) is 0 Å². The van der Waals surface area contributed by atoms with Crippen molar-refractivity contribution in [1.82, 2.24) is 0 Å². The van der Waals surface area contributed by atoms with Gasteiger partial charge in [-0.2, -0.15) is 0 Å². The molecule has 6 heteroatoms. The van der Waals surface area contributed by atoms with E-state index in [1.807, 2.05) is 11.3 Å². The summed E-state index contributed by atoms with van der Waals surface area (Å²) in [6.07, 6.45) is 0.821. The maximum absolute atomic E-state index is 7.14. The van der Waals surface area contributed by atoms with Gasteiger partial charge in [0.25, 0.3) is 0 Å². The van der Waals surface area contributed by atoms with E-state index in [4.69, 9.17) is 13.3 Å². The number of hydrogen-bond donors (Lipinski definition) is 0.